The zero-order valence-corrected chi connectivity index (χ0v) is 10.8. The van der Waals surface area contributed by atoms with E-state index in [0.29, 0.717) is 26.4 Å². The van der Waals surface area contributed by atoms with E-state index in [1.807, 2.05) is 13.8 Å². The van der Waals surface area contributed by atoms with E-state index in [-0.39, 0.29) is 5.97 Å². The van der Waals surface area contributed by atoms with Crippen molar-refractivity contribution in [2.24, 2.45) is 0 Å². The van der Waals surface area contributed by atoms with Crippen LogP contribution in [0.4, 0.5) is 0 Å². The van der Waals surface area contributed by atoms with Crippen LogP contribution >= 0.6 is 0 Å². The summed E-state index contributed by atoms with van der Waals surface area (Å²) in [7, 11) is 1.61. The van der Waals surface area contributed by atoms with Crippen molar-refractivity contribution in [2.45, 2.75) is 20.8 Å². The third-order valence-corrected chi connectivity index (χ3v) is 1.37. The third kappa shape index (κ3) is 23.3. The first-order chi connectivity index (χ1) is 7.68. The summed E-state index contributed by atoms with van der Waals surface area (Å²) in [6.07, 6.45) is 0. The summed E-state index contributed by atoms with van der Waals surface area (Å²) in [6, 6.07) is 0. The van der Waals surface area contributed by atoms with Crippen LogP contribution in [0.25, 0.3) is 0 Å². The first-order valence-electron chi connectivity index (χ1n) is 5.46. The lowest BCUT2D eigenvalue weighted by molar-refractivity contribution is -0.142. The molecule has 0 amide bonds. The van der Waals surface area contributed by atoms with Crippen LogP contribution in [-0.2, 0) is 23.7 Å². The van der Waals surface area contributed by atoms with Crippen LogP contribution in [0.3, 0.4) is 0 Å². The van der Waals surface area contributed by atoms with E-state index in [4.69, 9.17) is 14.2 Å². The zero-order valence-electron chi connectivity index (χ0n) is 10.8. The fraction of sp³-hybridized carbons (Fsp3) is 0.909. The Labute approximate surface area is 98.0 Å². The van der Waals surface area contributed by atoms with Crippen molar-refractivity contribution >= 4 is 5.97 Å². The quantitative estimate of drug-likeness (QED) is 0.469. The molecule has 0 spiro atoms. The fourth-order valence-corrected chi connectivity index (χ4v) is 0.693. The smallest absolute Gasteiger partial charge is 0.302 e. The molecule has 0 atom stereocenters. The average Bonchev–Trinajstić information content (AvgIpc) is 2.25. The third-order valence-electron chi connectivity index (χ3n) is 1.37. The lowest BCUT2D eigenvalue weighted by atomic mass is 10.7. The summed E-state index contributed by atoms with van der Waals surface area (Å²) in [5.41, 5.74) is 0. The molecule has 0 fully saturated rings. The Hall–Kier alpha value is -0.650. The molecule has 0 saturated heterocycles. The normalized spacial score (nSPS) is 9.25. The predicted octanol–water partition coefficient (Wildman–Crippen LogP) is 1.26. The molecule has 0 unspecified atom stereocenters. The molecule has 5 heteroatoms. The summed E-state index contributed by atoms with van der Waals surface area (Å²) < 4.78 is 19.2. The van der Waals surface area contributed by atoms with E-state index in [2.05, 4.69) is 4.74 Å². The maximum absolute atomic E-state index is 10.2. The summed E-state index contributed by atoms with van der Waals surface area (Å²) in [5.74, 6) is -0.277. The summed E-state index contributed by atoms with van der Waals surface area (Å²) >= 11 is 0. The summed E-state index contributed by atoms with van der Waals surface area (Å²) in [5, 5.41) is 0. The molecule has 0 aliphatic carbocycles. The van der Waals surface area contributed by atoms with Gasteiger partial charge in [-0.2, -0.15) is 0 Å². The Balaban J connectivity index is 0. The van der Waals surface area contributed by atoms with Gasteiger partial charge in [0, 0.05) is 27.2 Å². The van der Waals surface area contributed by atoms with E-state index in [0.717, 1.165) is 13.2 Å². The molecular weight excluding hydrogens is 212 g/mol. The van der Waals surface area contributed by atoms with Gasteiger partial charge in [0.15, 0.2) is 0 Å². The van der Waals surface area contributed by atoms with Crippen molar-refractivity contribution in [1.29, 1.82) is 0 Å². The number of methoxy groups -OCH3 is 1. The first kappa shape index (κ1) is 17.7. The molecule has 0 bridgehead atoms. The van der Waals surface area contributed by atoms with Gasteiger partial charge < -0.3 is 18.9 Å². The maximum atomic E-state index is 10.2. The van der Waals surface area contributed by atoms with Crippen LogP contribution in [-0.4, -0.2) is 52.7 Å². The molecule has 98 valence electrons. The number of carbonyl (C=O) groups excluding carboxylic acids is 1. The number of rotatable bonds is 8. The molecule has 0 aromatic rings. The minimum atomic E-state index is -0.277. The van der Waals surface area contributed by atoms with E-state index in [9.17, 15) is 4.79 Å². The van der Waals surface area contributed by atoms with Gasteiger partial charge in [0.05, 0.1) is 19.8 Å². The number of carbonyl (C=O) groups is 1. The Morgan fingerprint density at radius 3 is 1.88 bits per heavy atom. The molecule has 0 heterocycles. The Morgan fingerprint density at radius 1 is 0.938 bits per heavy atom. The molecule has 0 aliphatic heterocycles. The van der Waals surface area contributed by atoms with Crippen LogP contribution < -0.4 is 0 Å². The van der Waals surface area contributed by atoms with Crippen molar-refractivity contribution in [3.05, 3.63) is 0 Å². The zero-order chi connectivity index (χ0) is 12.6. The standard InChI is InChI=1S/C7H14O4.C4H10O/c1-7(8)11-6-5-10-4-3-9-2;1-3-5-4-2/h3-6H2,1-2H3;3-4H2,1-2H3. The maximum Gasteiger partial charge on any atom is 0.302 e. The largest absolute Gasteiger partial charge is 0.463 e. The topological polar surface area (TPSA) is 54.0 Å². The molecular formula is C11H24O5. The Bertz CT molecular complexity index is 136. The van der Waals surface area contributed by atoms with Crippen LogP contribution in [0, 0.1) is 0 Å². The molecule has 0 aliphatic rings. The second-order valence-electron chi connectivity index (χ2n) is 2.73. The van der Waals surface area contributed by atoms with Crippen LogP contribution in [0.5, 0.6) is 0 Å². The van der Waals surface area contributed by atoms with Crippen molar-refractivity contribution in [3.63, 3.8) is 0 Å². The van der Waals surface area contributed by atoms with Crippen LogP contribution in [0.15, 0.2) is 0 Å². The van der Waals surface area contributed by atoms with Crippen molar-refractivity contribution < 1.29 is 23.7 Å². The van der Waals surface area contributed by atoms with E-state index in [1.54, 1.807) is 7.11 Å². The van der Waals surface area contributed by atoms with E-state index < -0.39 is 0 Å². The summed E-state index contributed by atoms with van der Waals surface area (Å²) in [4.78, 5) is 10.2. The van der Waals surface area contributed by atoms with Crippen LogP contribution in [0.2, 0.25) is 0 Å². The highest BCUT2D eigenvalue weighted by Crippen LogP contribution is 1.79. The number of hydrogen-bond acceptors (Lipinski definition) is 5. The molecule has 0 saturated carbocycles. The minimum absolute atomic E-state index is 0.277. The highest BCUT2D eigenvalue weighted by Gasteiger charge is 1.91. The van der Waals surface area contributed by atoms with Crippen molar-refractivity contribution in [1.82, 2.24) is 0 Å². The number of esters is 1. The highest BCUT2D eigenvalue weighted by molar-refractivity contribution is 5.65. The molecule has 0 aromatic heterocycles. The monoisotopic (exact) mass is 236 g/mol. The number of hydrogen-bond donors (Lipinski definition) is 0. The van der Waals surface area contributed by atoms with Gasteiger partial charge in [0.2, 0.25) is 0 Å². The van der Waals surface area contributed by atoms with Gasteiger partial charge in [-0.3, -0.25) is 4.79 Å². The van der Waals surface area contributed by atoms with Gasteiger partial charge in [-0.15, -0.1) is 0 Å². The van der Waals surface area contributed by atoms with Crippen molar-refractivity contribution in [2.75, 3.05) is 46.8 Å². The van der Waals surface area contributed by atoms with Crippen LogP contribution in [0.1, 0.15) is 20.8 Å². The van der Waals surface area contributed by atoms with E-state index in [1.165, 1.54) is 6.92 Å². The highest BCUT2D eigenvalue weighted by atomic mass is 16.6. The molecule has 0 rings (SSSR count). The SMILES string of the molecule is CCOCC.COCCOCCOC(C)=O. The van der Waals surface area contributed by atoms with Gasteiger partial charge >= 0.3 is 5.97 Å². The van der Waals surface area contributed by atoms with Gasteiger partial charge in [-0.05, 0) is 13.8 Å². The van der Waals surface area contributed by atoms with Gasteiger partial charge in [0.1, 0.15) is 6.61 Å². The molecule has 0 aromatic carbocycles. The Morgan fingerprint density at radius 2 is 1.50 bits per heavy atom. The molecule has 5 nitrogen and oxygen atoms in total. The van der Waals surface area contributed by atoms with Gasteiger partial charge in [-0.25, -0.2) is 0 Å². The lowest BCUT2D eigenvalue weighted by Crippen LogP contribution is -2.10. The molecule has 0 radical (unpaired) electrons. The molecule has 0 N–H and O–H groups in total. The second kappa shape index (κ2) is 16.8. The molecule has 16 heavy (non-hydrogen) atoms. The second-order valence-corrected chi connectivity index (χ2v) is 2.73. The number of ether oxygens (including phenoxy) is 4. The first-order valence-corrected chi connectivity index (χ1v) is 5.46. The lowest BCUT2D eigenvalue weighted by Gasteiger charge is -2.02. The summed E-state index contributed by atoms with van der Waals surface area (Å²) in [6.45, 7) is 8.90. The van der Waals surface area contributed by atoms with E-state index >= 15 is 0 Å². The minimum Gasteiger partial charge on any atom is -0.463 e. The fourth-order valence-electron chi connectivity index (χ4n) is 0.693. The average molecular weight is 236 g/mol. The van der Waals surface area contributed by atoms with Gasteiger partial charge in [0.25, 0.3) is 0 Å². The van der Waals surface area contributed by atoms with Gasteiger partial charge in [-0.1, -0.05) is 0 Å². The predicted molar refractivity (Wildman–Crippen MR) is 61.5 cm³/mol. The van der Waals surface area contributed by atoms with Crippen molar-refractivity contribution in [3.8, 4) is 0 Å². The Kier molecular flexibility index (Phi) is 18.6.